The van der Waals surface area contributed by atoms with Crippen molar-refractivity contribution in [3.8, 4) is 11.1 Å². The minimum Gasteiger partial charge on any atom is -0.256 e. The summed E-state index contributed by atoms with van der Waals surface area (Å²) in [6, 6.07) is 52.6. The first-order valence-electron chi connectivity index (χ1n) is 16.6. The van der Waals surface area contributed by atoms with Crippen LogP contribution in [0.1, 0.15) is 84.0 Å². The van der Waals surface area contributed by atoms with Gasteiger partial charge in [-0.2, -0.15) is 0 Å². The van der Waals surface area contributed by atoms with Gasteiger partial charge in [0, 0.05) is 12.4 Å². The summed E-state index contributed by atoms with van der Waals surface area (Å²) in [5.41, 5.74) is 13.9. The summed E-state index contributed by atoms with van der Waals surface area (Å²) >= 11 is 0. The fraction of sp³-hybridized carbons (Fsp3) is 0.156. The van der Waals surface area contributed by atoms with Crippen LogP contribution in [0.25, 0.3) is 11.1 Å². The highest BCUT2D eigenvalue weighted by Crippen LogP contribution is 2.56. The van der Waals surface area contributed by atoms with E-state index in [1.54, 1.807) is 0 Å². The van der Waals surface area contributed by atoms with Crippen LogP contribution in [-0.2, 0) is 5.41 Å². The minimum absolute atomic E-state index is 0.461. The number of nitrogens with zero attached hydrogens (tertiary/aromatic N) is 2. The Morgan fingerprint density at radius 3 is 1.15 bits per heavy atom. The van der Waals surface area contributed by atoms with Crippen molar-refractivity contribution in [3.05, 3.63) is 190 Å². The Kier molecular flexibility index (Phi) is 8.26. The van der Waals surface area contributed by atoms with E-state index in [9.17, 15) is 0 Å². The molecule has 2 nitrogen and oxygen atoms in total. The van der Waals surface area contributed by atoms with Crippen molar-refractivity contribution in [3.63, 3.8) is 0 Å². The number of rotatable bonds is 8. The Hall–Kier alpha value is -5.34. The fourth-order valence-electron chi connectivity index (χ4n) is 6.85. The molecule has 0 spiro atoms. The third-order valence-electron chi connectivity index (χ3n) is 9.48. The zero-order valence-corrected chi connectivity index (χ0v) is 27.6. The molecule has 0 bridgehead atoms. The highest BCUT2D eigenvalue weighted by atomic mass is 14.7. The lowest BCUT2D eigenvalue weighted by Crippen LogP contribution is -2.28. The standard InChI is InChI=1S/C45H40N2/c1-31(2)35-17-13-33(14-18-35)29-46-39-25-21-37(22-26-39)45(43-11-7-5-9-41(43)42-10-6-8-12-44(42)45)38-23-27-40(28-24-38)47-30-34-15-19-36(20-16-34)32(3)4/h5-32H,1-4H3. The van der Waals surface area contributed by atoms with E-state index >= 15 is 0 Å². The van der Waals surface area contributed by atoms with Crippen molar-refractivity contribution in [1.82, 2.24) is 0 Å². The maximum atomic E-state index is 4.83. The summed E-state index contributed by atoms with van der Waals surface area (Å²) in [6.07, 6.45) is 3.90. The summed E-state index contributed by atoms with van der Waals surface area (Å²) in [5.74, 6) is 1.03. The van der Waals surface area contributed by atoms with Crippen molar-refractivity contribution in [2.24, 2.45) is 9.98 Å². The first-order chi connectivity index (χ1) is 22.9. The molecule has 0 saturated heterocycles. The quantitative estimate of drug-likeness (QED) is 0.153. The van der Waals surface area contributed by atoms with Crippen LogP contribution < -0.4 is 0 Å². The number of hydrogen-bond acceptors (Lipinski definition) is 2. The van der Waals surface area contributed by atoms with Crippen LogP contribution in [0.5, 0.6) is 0 Å². The molecule has 2 heteroatoms. The Labute approximate surface area is 279 Å². The molecule has 0 aromatic heterocycles. The van der Waals surface area contributed by atoms with Gasteiger partial charge in [0.1, 0.15) is 0 Å². The van der Waals surface area contributed by atoms with Gasteiger partial charge in [-0.1, -0.05) is 149 Å². The van der Waals surface area contributed by atoms with Gasteiger partial charge in [-0.05, 0) is 91.7 Å². The van der Waals surface area contributed by atoms with Crippen LogP contribution in [-0.4, -0.2) is 12.4 Å². The van der Waals surface area contributed by atoms with Gasteiger partial charge < -0.3 is 0 Å². The highest BCUT2D eigenvalue weighted by molar-refractivity contribution is 5.87. The van der Waals surface area contributed by atoms with Gasteiger partial charge >= 0.3 is 0 Å². The molecule has 0 aliphatic heterocycles. The number of aliphatic imine (C=N–C) groups is 2. The second-order valence-corrected chi connectivity index (χ2v) is 13.1. The molecule has 230 valence electrons. The average molecular weight is 609 g/mol. The lowest BCUT2D eigenvalue weighted by Gasteiger charge is -2.34. The summed E-state index contributed by atoms with van der Waals surface area (Å²) in [4.78, 5) is 9.66. The number of benzene rings is 6. The Bertz CT molecular complexity index is 1890. The zero-order chi connectivity index (χ0) is 32.4. The summed E-state index contributed by atoms with van der Waals surface area (Å²) in [5, 5.41) is 0. The Morgan fingerprint density at radius 1 is 0.426 bits per heavy atom. The molecule has 7 rings (SSSR count). The molecule has 47 heavy (non-hydrogen) atoms. The van der Waals surface area contributed by atoms with Crippen LogP contribution in [0.2, 0.25) is 0 Å². The zero-order valence-electron chi connectivity index (χ0n) is 27.6. The van der Waals surface area contributed by atoms with Gasteiger partial charge in [0.2, 0.25) is 0 Å². The number of hydrogen-bond donors (Lipinski definition) is 0. The SMILES string of the molecule is CC(C)c1ccc(C=Nc2ccc(C3(c4ccc(N=Cc5ccc(C(C)C)cc5)cc4)c4ccccc4-c4ccccc43)cc2)cc1. The normalized spacial score (nSPS) is 13.5. The molecule has 0 unspecified atom stereocenters. The Balaban J connectivity index is 1.26. The second-order valence-electron chi connectivity index (χ2n) is 13.1. The topological polar surface area (TPSA) is 24.7 Å². The predicted octanol–water partition coefficient (Wildman–Crippen LogP) is 11.8. The van der Waals surface area contributed by atoms with E-state index in [1.165, 1.54) is 44.5 Å². The molecular formula is C45H40N2. The fourth-order valence-corrected chi connectivity index (χ4v) is 6.85. The predicted molar refractivity (Wildman–Crippen MR) is 199 cm³/mol. The molecule has 1 aliphatic rings. The Morgan fingerprint density at radius 2 is 0.787 bits per heavy atom. The molecular weight excluding hydrogens is 569 g/mol. The van der Waals surface area contributed by atoms with Gasteiger partial charge in [-0.25, -0.2) is 0 Å². The summed E-state index contributed by atoms with van der Waals surface area (Å²) in [7, 11) is 0. The average Bonchev–Trinajstić information content (AvgIpc) is 3.42. The van der Waals surface area contributed by atoms with Crippen molar-refractivity contribution in [2.75, 3.05) is 0 Å². The van der Waals surface area contributed by atoms with E-state index in [2.05, 4.69) is 173 Å². The van der Waals surface area contributed by atoms with Crippen molar-refractivity contribution < 1.29 is 0 Å². The lowest BCUT2D eigenvalue weighted by molar-refractivity contribution is 0.768. The molecule has 0 amide bonds. The van der Waals surface area contributed by atoms with Crippen LogP contribution in [0.3, 0.4) is 0 Å². The van der Waals surface area contributed by atoms with E-state index in [4.69, 9.17) is 9.98 Å². The molecule has 0 atom stereocenters. The van der Waals surface area contributed by atoms with Crippen LogP contribution in [0.4, 0.5) is 11.4 Å². The number of fused-ring (bicyclic) bond motifs is 3. The molecule has 0 saturated carbocycles. The molecule has 0 radical (unpaired) electrons. The first-order valence-corrected chi connectivity index (χ1v) is 16.6. The van der Waals surface area contributed by atoms with E-state index in [0.717, 1.165) is 22.5 Å². The van der Waals surface area contributed by atoms with Gasteiger partial charge in [-0.3, -0.25) is 9.98 Å². The largest absolute Gasteiger partial charge is 0.256 e. The third-order valence-corrected chi connectivity index (χ3v) is 9.48. The maximum absolute atomic E-state index is 4.83. The van der Waals surface area contributed by atoms with Crippen molar-refractivity contribution >= 4 is 23.8 Å². The van der Waals surface area contributed by atoms with Gasteiger partial charge in [0.05, 0.1) is 16.8 Å². The summed E-state index contributed by atoms with van der Waals surface area (Å²) < 4.78 is 0. The van der Waals surface area contributed by atoms with Crippen LogP contribution >= 0.6 is 0 Å². The molecule has 0 heterocycles. The first kappa shape index (κ1) is 30.3. The van der Waals surface area contributed by atoms with Crippen molar-refractivity contribution in [1.29, 1.82) is 0 Å². The smallest absolute Gasteiger partial charge is 0.0713 e. The van der Waals surface area contributed by atoms with Gasteiger partial charge in [0.15, 0.2) is 0 Å². The maximum Gasteiger partial charge on any atom is 0.0713 e. The molecule has 6 aromatic carbocycles. The third kappa shape index (κ3) is 5.77. The molecule has 1 aliphatic carbocycles. The van der Waals surface area contributed by atoms with Gasteiger partial charge in [0.25, 0.3) is 0 Å². The van der Waals surface area contributed by atoms with Crippen molar-refractivity contribution in [2.45, 2.75) is 44.9 Å². The van der Waals surface area contributed by atoms with Gasteiger partial charge in [-0.15, -0.1) is 0 Å². The monoisotopic (exact) mass is 608 g/mol. The van der Waals surface area contributed by atoms with Crippen LogP contribution in [0.15, 0.2) is 156 Å². The lowest BCUT2D eigenvalue weighted by atomic mass is 9.67. The molecule has 6 aromatic rings. The summed E-state index contributed by atoms with van der Waals surface area (Å²) in [6.45, 7) is 8.87. The highest BCUT2D eigenvalue weighted by Gasteiger charge is 2.45. The van der Waals surface area contributed by atoms with E-state index in [1.807, 2.05) is 12.4 Å². The molecule has 0 fully saturated rings. The second kappa shape index (κ2) is 12.8. The van der Waals surface area contributed by atoms with E-state index in [0.29, 0.717) is 11.8 Å². The minimum atomic E-state index is -0.461. The van der Waals surface area contributed by atoms with E-state index in [-0.39, 0.29) is 0 Å². The van der Waals surface area contributed by atoms with Crippen LogP contribution in [0, 0.1) is 0 Å². The van der Waals surface area contributed by atoms with E-state index < -0.39 is 5.41 Å². The molecule has 0 N–H and O–H groups in total.